The average molecular weight is 188 g/mol. The van der Waals surface area contributed by atoms with E-state index in [0.29, 0.717) is 0 Å². The first-order valence-corrected chi connectivity index (χ1v) is 3.73. The predicted molar refractivity (Wildman–Crippen MR) is 43.5 cm³/mol. The first-order chi connectivity index (χ1) is 6.07. The van der Waals surface area contributed by atoms with Crippen LogP contribution in [0, 0.1) is 6.92 Å². The number of aromatic nitrogens is 1. The number of halogens is 2. The highest BCUT2D eigenvalue weighted by Gasteiger charge is 2.15. The third-order valence-electron chi connectivity index (χ3n) is 1.85. The van der Waals surface area contributed by atoms with Crippen molar-refractivity contribution in [3.8, 4) is 5.75 Å². The van der Waals surface area contributed by atoms with Gasteiger partial charge in [0.25, 0.3) is 6.43 Å². The van der Waals surface area contributed by atoms with Gasteiger partial charge in [0.15, 0.2) is 0 Å². The van der Waals surface area contributed by atoms with Gasteiger partial charge in [-0.1, -0.05) is 0 Å². The summed E-state index contributed by atoms with van der Waals surface area (Å²) in [6.45, 7) is 1.45. The molecule has 0 bridgehead atoms. The van der Waals surface area contributed by atoms with Gasteiger partial charge in [-0.05, 0) is 6.92 Å². The summed E-state index contributed by atoms with van der Waals surface area (Å²) >= 11 is 0. The van der Waals surface area contributed by atoms with Crippen molar-refractivity contribution in [1.29, 1.82) is 0 Å². The minimum absolute atomic E-state index is 0.0379. The van der Waals surface area contributed by atoms with Crippen molar-refractivity contribution in [3.05, 3.63) is 23.0 Å². The summed E-state index contributed by atoms with van der Waals surface area (Å²) in [6, 6.07) is 0. The molecule has 0 atom stereocenters. The molecule has 0 fully saturated rings. The Labute approximate surface area is 74.2 Å². The molecule has 5 heteroatoms. The van der Waals surface area contributed by atoms with Crippen LogP contribution in [0.3, 0.4) is 0 Å². The number of nitrogens with two attached hydrogens (primary N) is 1. The summed E-state index contributed by atoms with van der Waals surface area (Å²) in [5, 5.41) is 9.35. The van der Waals surface area contributed by atoms with Crippen LogP contribution in [0.15, 0.2) is 6.20 Å². The summed E-state index contributed by atoms with van der Waals surface area (Å²) in [5.74, 6) is -0.236. The fourth-order valence-electron chi connectivity index (χ4n) is 1.03. The summed E-state index contributed by atoms with van der Waals surface area (Å²) in [5.41, 5.74) is 5.36. The average Bonchev–Trinajstić information content (AvgIpc) is 2.09. The highest BCUT2D eigenvalue weighted by Crippen LogP contribution is 2.29. The topological polar surface area (TPSA) is 59.1 Å². The Morgan fingerprint density at radius 2 is 2.23 bits per heavy atom. The molecular formula is C8H10F2N2O. The molecule has 0 unspecified atom stereocenters. The minimum atomic E-state index is -2.62. The lowest BCUT2D eigenvalue weighted by molar-refractivity contribution is 0.149. The molecule has 0 aromatic carbocycles. The molecule has 0 radical (unpaired) electrons. The molecular weight excluding hydrogens is 178 g/mol. The monoisotopic (exact) mass is 188 g/mol. The fraction of sp³-hybridized carbons (Fsp3) is 0.375. The molecule has 1 aromatic heterocycles. The fourth-order valence-corrected chi connectivity index (χ4v) is 1.03. The quantitative estimate of drug-likeness (QED) is 0.739. The number of pyridine rings is 1. The zero-order chi connectivity index (χ0) is 10.0. The molecule has 0 saturated heterocycles. The number of hydrogen-bond acceptors (Lipinski definition) is 3. The van der Waals surface area contributed by atoms with Gasteiger partial charge >= 0.3 is 0 Å². The van der Waals surface area contributed by atoms with E-state index in [0.717, 1.165) is 6.20 Å². The molecule has 13 heavy (non-hydrogen) atoms. The first-order valence-electron chi connectivity index (χ1n) is 3.73. The molecule has 0 aliphatic rings. The van der Waals surface area contributed by atoms with E-state index in [1.54, 1.807) is 0 Å². The minimum Gasteiger partial charge on any atom is -0.506 e. The normalized spacial score (nSPS) is 10.8. The maximum absolute atomic E-state index is 12.3. The predicted octanol–water partition coefficient (Wildman–Crippen LogP) is 1.49. The SMILES string of the molecule is Cc1c(C(F)F)cnc(CN)c1O. The van der Waals surface area contributed by atoms with Gasteiger partial charge in [0, 0.05) is 23.9 Å². The summed E-state index contributed by atoms with van der Waals surface area (Å²) in [7, 11) is 0. The molecule has 3 N–H and O–H groups in total. The van der Waals surface area contributed by atoms with Gasteiger partial charge in [0.2, 0.25) is 0 Å². The van der Waals surface area contributed by atoms with Crippen molar-refractivity contribution < 1.29 is 13.9 Å². The van der Waals surface area contributed by atoms with Gasteiger partial charge < -0.3 is 10.8 Å². The maximum Gasteiger partial charge on any atom is 0.265 e. The lowest BCUT2D eigenvalue weighted by Crippen LogP contribution is -2.03. The lowest BCUT2D eigenvalue weighted by atomic mass is 10.1. The highest BCUT2D eigenvalue weighted by molar-refractivity contribution is 5.40. The Morgan fingerprint density at radius 3 is 2.69 bits per heavy atom. The number of nitrogens with zero attached hydrogens (tertiary/aromatic N) is 1. The second-order valence-electron chi connectivity index (χ2n) is 2.64. The standard InChI is InChI=1S/C8H10F2N2O/c1-4-5(8(9)10)3-12-6(2-11)7(4)13/h3,8,13H,2,11H2,1H3. The molecule has 0 spiro atoms. The van der Waals surface area contributed by atoms with E-state index in [-0.39, 0.29) is 29.1 Å². The van der Waals surface area contributed by atoms with Crippen LogP contribution in [-0.2, 0) is 6.54 Å². The number of alkyl halides is 2. The highest BCUT2D eigenvalue weighted by atomic mass is 19.3. The number of hydrogen-bond donors (Lipinski definition) is 2. The molecule has 1 rings (SSSR count). The molecule has 72 valence electrons. The van der Waals surface area contributed by atoms with Gasteiger partial charge in [-0.3, -0.25) is 4.98 Å². The number of aromatic hydroxyl groups is 1. The second kappa shape index (κ2) is 3.66. The second-order valence-corrected chi connectivity index (χ2v) is 2.64. The van der Waals surface area contributed by atoms with Crippen molar-refractivity contribution in [3.63, 3.8) is 0 Å². The van der Waals surface area contributed by atoms with Crippen molar-refractivity contribution in [1.82, 2.24) is 4.98 Å². The van der Waals surface area contributed by atoms with E-state index in [1.807, 2.05) is 0 Å². The van der Waals surface area contributed by atoms with Crippen molar-refractivity contribution in [2.24, 2.45) is 5.73 Å². The summed E-state index contributed by atoms with van der Waals surface area (Å²) in [4.78, 5) is 3.62. The van der Waals surface area contributed by atoms with Gasteiger partial charge in [0.05, 0.1) is 5.69 Å². The van der Waals surface area contributed by atoms with Crippen LogP contribution < -0.4 is 5.73 Å². The Balaban J connectivity index is 3.23. The van der Waals surface area contributed by atoms with Crippen LogP contribution >= 0.6 is 0 Å². The zero-order valence-corrected chi connectivity index (χ0v) is 7.09. The molecule has 0 amide bonds. The van der Waals surface area contributed by atoms with Crippen LogP contribution in [0.5, 0.6) is 5.75 Å². The Kier molecular flexibility index (Phi) is 2.77. The molecule has 3 nitrogen and oxygen atoms in total. The molecule has 1 aromatic rings. The van der Waals surface area contributed by atoms with E-state index < -0.39 is 6.43 Å². The van der Waals surface area contributed by atoms with Crippen LogP contribution in [0.2, 0.25) is 0 Å². The zero-order valence-electron chi connectivity index (χ0n) is 7.09. The van der Waals surface area contributed by atoms with Crippen molar-refractivity contribution in [2.45, 2.75) is 19.9 Å². The molecule has 0 aliphatic carbocycles. The Hall–Kier alpha value is -1.23. The maximum atomic E-state index is 12.3. The molecule has 1 heterocycles. The van der Waals surface area contributed by atoms with E-state index in [2.05, 4.69) is 4.98 Å². The Bertz CT molecular complexity index is 315. The van der Waals surface area contributed by atoms with Crippen LogP contribution in [0.1, 0.15) is 23.2 Å². The lowest BCUT2D eigenvalue weighted by Gasteiger charge is -2.08. The van der Waals surface area contributed by atoms with E-state index in [9.17, 15) is 13.9 Å². The van der Waals surface area contributed by atoms with E-state index in [1.165, 1.54) is 6.92 Å². The van der Waals surface area contributed by atoms with Crippen LogP contribution in [-0.4, -0.2) is 10.1 Å². The van der Waals surface area contributed by atoms with Gasteiger partial charge in [-0.15, -0.1) is 0 Å². The largest absolute Gasteiger partial charge is 0.506 e. The van der Waals surface area contributed by atoms with E-state index >= 15 is 0 Å². The van der Waals surface area contributed by atoms with Gasteiger partial charge in [-0.2, -0.15) is 0 Å². The van der Waals surface area contributed by atoms with Gasteiger partial charge in [0.1, 0.15) is 5.75 Å². The van der Waals surface area contributed by atoms with E-state index in [4.69, 9.17) is 5.73 Å². The molecule has 0 aliphatic heterocycles. The Morgan fingerprint density at radius 1 is 1.62 bits per heavy atom. The van der Waals surface area contributed by atoms with Crippen molar-refractivity contribution >= 4 is 0 Å². The molecule has 0 saturated carbocycles. The van der Waals surface area contributed by atoms with Crippen LogP contribution in [0.25, 0.3) is 0 Å². The van der Waals surface area contributed by atoms with Crippen LogP contribution in [0.4, 0.5) is 8.78 Å². The first kappa shape index (κ1) is 9.85. The smallest absolute Gasteiger partial charge is 0.265 e. The number of rotatable bonds is 2. The van der Waals surface area contributed by atoms with Crippen molar-refractivity contribution in [2.75, 3.05) is 0 Å². The third kappa shape index (κ3) is 1.75. The van der Waals surface area contributed by atoms with Gasteiger partial charge in [-0.25, -0.2) is 8.78 Å². The summed E-state index contributed by atoms with van der Waals surface area (Å²) in [6.07, 6.45) is -1.58. The summed E-state index contributed by atoms with van der Waals surface area (Å²) < 4.78 is 24.5. The third-order valence-corrected chi connectivity index (χ3v) is 1.85.